The Bertz CT molecular complexity index is 1590. The molecule has 0 aliphatic carbocycles. The van der Waals surface area contributed by atoms with Gasteiger partial charge in [0.15, 0.2) is 17.4 Å². The third kappa shape index (κ3) is 5.52. The second-order valence-electron chi connectivity index (χ2n) is 7.93. The van der Waals surface area contributed by atoms with Gasteiger partial charge in [0.25, 0.3) is 0 Å². The van der Waals surface area contributed by atoms with E-state index in [4.69, 9.17) is 13.9 Å². The lowest BCUT2D eigenvalue weighted by molar-refractivity contribution is 0.0698. The Balaban J connectivity index is 0.000000907. The summed E-state index contributed by atoms with van der Waals surface area (Å²) in [4.78, 5) is 29.0. The number of aliphatic hydroxyl groups excluding tert-OH is 1. The Morgan fingerprint density at radius 1 is 1.05 bits per heavy atom. The van der Waals surface area contributed by atoms with Crippen molar-refractivity contribution in [3.63, 3.8) is 0 Å². The minimum atomic E-state index is -1.02. The van der Waals surface area contributed by atoms with Gasteiger partial charge in [-0.25, -0.2) is 9.78 Å². The number of aromatic nitrogens is 1. The molecule has 5 rings (SSSR count). The van der Waals surface area contributed by atoms with E-state index in [9.17, 15) is 19.1 Å². The third-order valence-corrected chi connectivity index (χ3v) is 5.62. The summed E-state index contributed by atoms with van der Waals surface area (Å²) in [6.45, 7) is 3.81. The van der Waals surface area contributed by atoms with Gasteiger partial charge >= 0.3 is 5.97 Å². The third-order valence-electron chi connectivity index (χ3n) is 5.62. The molecule has 0 amide bonds. The first-order valence-electron chi connectivity index (χ1n) is 11.2. The van der Waals surface area contributed by atoms with Crippen LogP contribution in [0, 0.1) is 6.92 Å². The molecule has 0 radical (unpaired) electrons. The summed E-state index contributed by atoms with van der Waals surface area (Å²) in [7, 11) is 1.50. The maximum absolute atomic E-state index is 13.1. The Hall–Kier alpha value is -4.50. The molecule has 0 spiro atoms. The summed E-state index contributed by atoms with van der Waals surface area (Å²) in [6.07, 6.45) is 1.36. The average Bonchev–Trinajstić information content (AvgIpc) is 3.40. The van der Waals surface area contributed by atoms with Gasteiger partial charge in [-0.15, -0.1) is 0 Å². The fourth-order valence-electron chi connectivity index (χ4n) is 4.08. The van der Waals surface area contributed by atoms with E-state index in [1.54, 1.807) is 36.4 Å². The Morgan fingerprint density at radius 3 is 2.51 bits per heavy atom. The van der Waals surface area contributed by atoms with Crippen LogP contribution in [-0.2, 0) is 0 Å². The zero-order chi connectivity index (χ0) is 27.1. The van der Waals surface area contributed by atoms with Crippen molar-refractivity contribution in [2.24, 2.45) is 0 Å². The number of fused-ring (bicyclic) bond motifs is 2. The molecule has 0 fully saturated rings. The predicted molar refractivity (Wildman–Crippen MR) is 141 cm³/mol. The van der Waals surface area contributed by atoms with Crippen LogP contribution < -0.4 is 10.7 Å². The Kier molecular flexibility index (Phi) is 8.76. The first kappa shape index (κ1) is 27.1. The van der Waals surface area contributed by atoms with Gasteiger partial charge in [0, 0.05) is 30.0 Å². The zero-order valence-corrected chi connectivity index (χ0v) is 20.8. The summed E-state index contributed by atoms with van der Waals surface area (Å²) in [6, 6.07) is 17.0. The lowest BCUT2D eigenvalue weighted by Crippen LogP contribution is -2.12. The van der Waals surface area contributed by atoms with E-state index in [2.05, 4.69) is 10.3 Å². The smallest absolute Gasteiger partial charge is 0.337 e. The molecule has 2 aromatic heterocycles. The van der Waals surface area contributed by atoms with Gasteiger partial charge in [-0.05, 0) is 49.7 Å². The van der Waals surface area contributed by atoms with Crippen molar-refractivity contribution in [3.8, 4) is 11.3 Å². The number of alkyl halides is 1. The van der Waals surface area contributed by atoms with Crippen molar-refractivity contribution < 1.29 is 28.2 Å². The highest BCUT2D eigenvalue weighted by Crippen LogP contribution is 2.33. The molecule has 8 nitrogen and oxygen atoms in total. The monoisotopic (exact) mass is 506 g/mol. The van der Waals surface area contributed by atoms with Crippen LogP contribution in [0.4, 0.5) is 10.1 Å². The Morgan fingerprint density at radius 2 is 1.78 bits per heavy atom. The van der Waals surface area contributed by atoms with Crippen LogP contribution >= 0.6 is 0 Å². The van der Waals surface area contributed by atoms with Gasteiger partial charge < -0.3 is 24.4 Å². The highest BCUT2D eigenvalue weighted by atomic mass is 19.1. The molecule has 1 unspecified atom stereocenters. The molecular formula is C28H27FN2O6. The molecule has 2 heterocycles. The van der Waals surface area contributed by atoms with Crippen molar-refractivity contribution in [1.82, 2.24) is 4.98 Å². The number of para-hydroxylation sites is 2. The topological polar surface area (TPSA) is 126 Å². The fraction of sp³-hybridized carbons (Fsp3) is 0.179. The molecule has 1 atom stereocenters. The number of hydrogen-bond donors (Lipinski definition) is 3. The van der Waals surface area contributed by atoms with Crippen LogP contribution in [0.1, 0.15) is 34.5 Å². The number of oxazole rings is 1. The number of aromatic carboxylic acids is 1. The SMILES string of the molecule is CF.CO.Cc1cc(C(C)Nc2ccccc2C(=O)O)c2oc(-c3cccc4ocnc34)cc(=O)c2c1. The van der Waals surface area contributed by atoms with Gasteiger partial charge in [0.05, 0.1) is 24.2 Å². The van der Waals surface area contributed by atoms with Gasteiger partial charge in [-0.2, -0.15) is 0 Å². The second kappa shape index (κ2) is 12.0. The summed E-state index contributed by atoms with van der Waals surface area (Å²) in [5, 5.41) is 20.2. The highest BCUT2D eigenvalue weighted by Gasteiger charge is 2.19. The predicted octanol–water partition coefficient (Wildman–Crippen LogP) is 5.98. The number of anilines is 1. The van der Waals surface area contributed by atoms with Gasteiger partial charge in [-0.3, -0.25) is 9.18 Å². The number of hydrogen-bond acceptors (Lipinski definition) is 7. The number of halogens is 1. The summed E-state index contributed by atoms with van der Waals surface area (Å²) >= 11 is 0. The quantitative estimate of drug-likeness (QED) is 0.266. The van der Waals surface area contributed by atoms with E-state index >= 15 is 0 Å². The number of nitrogens with one attached hydrogen (secondary N) is 1. The van der Waals surface area contributed by atoms with E-state index in [0.717, 1.165) is 18.2 Å². The van der Waals surface area contributed by atoms with Crippen LogP contribution in [0.5, 0.6) is 0 Å². The molecule has 192 valence electrons. The number of nitrogens with zero attached hydrogens (tertiary/aromatic N) is 1. The molecule has 3 aromatic carbocycles. The Labute approximate surface area is 212 Å². The first-order chi connectivity index (χ1) is 17.9. The number of carbonyl (C=O) groups is 1. The lowest BCUT2D eigenvalue weighted by atomic mass is 10.00. The lowest BCUT2D eigenvalue weighted by Gasteiger charge is -2.19. The fourth-order valence-corrected chi connectivity index (χ4v) is 4.08. The number of aryl methyl sites for hydroxylation is 1. The zero-order valence-electron chi connectivity index (χ0n) is 20.8. The van der Waals surface area contributed by atoms with Crippen molar-refractivity contribution in [3.05, 3.63) is 94.0 Å². The maximum Gasteiger partial charge on any atom is 0.337 e. The summed E-state index contributed by atoms with van der Waals surface area (Å²) < 4.78 is 21.2. The maximum atomic E-state index is 13.1. The number of carboxylic acid groups (broad SMARTS) is 1. The normalized spacial score (nSPS) is 11.2. The molecule has 0 aliphatic heterocycles. The van der Waals surface area contributed by atoms with Crippen molar-refractivity contribution in [2.45, 2.75) is 19.9 Å². The minimum absolute atomic E-state index is 0.168. The van der Waals surface area contributed by atoms with Gasteiger partial charge in [0.1, 0.15) is 16.9 Å². The van der Waals surface area contributed by atoms with Crippen LogP contribution in [0.2, 0.25) is 0 Å². The molecule has 0 aliphatic rings. The molecule has 37 heavy (non-hydrogen) atoms. The van der Waals surface area contributed by atoms with E-state index < -0.39 is 5.97 Å². The molecule has 0 saturated heterocycles. The molecule has 5 aromatic rings. The number of carboxylic acids is 1. The van der Waals surface area contributed by atoms with E-state index in [1.165, 1.54) is 12.5 Å². The van der Waals surface area contributed by atoms with Crippen molar-refractivity contribution >= 4 is 33.7 Å². The van der Waals surface area contributed by atoms with Crippen LogP contribution in [-0.4, -0.2) is 35.5 Å². The minimum Gasteiger partial charge on any atom is -0.478 e. The first-order valence-corrected chi connectivity index (χ1v) is 11.2. The molecule has 0 saturated carbocycles. The van der Waals surface area contributed by atoms with E-state index in [0.29, 0.717) is 46.3 Å². The molecule has 9 heteroatoms. The average molecular weight is 507 g/mol. The van der Waals surface area contributed by atoms with Crippen molar-refractivity contribution in [1.29, 1.82) is 0 Å². The number of rotatable bonds is 5. The largest absolute Gasteiger partial charge is 0.478 e. The van der Waals surface area contributed by atoms with Gasteiger partial charge in [-0.1, -0.05) is 24.3 Å². The van der Waals surface area contributed by atoms with E-state index in [-0.39, 0.29) is 17.0 Å². The second-order valence-corrected chi connectivity index (χ2v) is 7.93. The molecular weight excluding hydrogens is 479 g/mol. The van der Waals surface area contributed by atoms with Gasteiger partial charge in [0.2, 0.25) is 0 Å². The van der Waals surface area contributed by atoms with Crippen molar-refractivity contribution in [2.75, 3.05) is 19.6 Å². The van der Waals surface area contributed by atoms with Crippen LogP contribution in [0.25, 0.3) is 33.4 Å². The standard InChI is InChI=1S/C26H20N2O5.CH3F.CH4O/c1-14-10-18(15(2)28-20-8-4-3-6-16(20)26(30)31)25-19(11-14)21(29)12-23(33-25)17-7-5-9-22-24(17)27-13-32-22;2*1-2/h3-13,15,28H,1-2H3,(H,30,31);1H3;2H,1H3. The number of benzene rings is 3. The molecule has 3 N–H and O–H groups in total. The molecule has 0 bridgehead atoms. The summed E-state index contributed by atoms with van der Waals surface area (Å²) in [5.74, 6) is -0.635. The highest BCUT2D eigenvalue weighted by molar-refractivity contribution is 5.94. The van der Waals surface area contributed by atoms with Crippen LogP contribution in [0.15, 0.2) is 80.7 Å². The van der Waals surface area contributed by atoms with E-state index in [1.807, 2.05) is 32.0 Å². The van der Waals surface area contributed by atoms with Crippen LogP contribution in [0.3, 0.4) is 0 Å². The number of aliphatic hydroxyl groups is 1. The summed E-state index contributed by atoms with van der Waals surface area (Å²) in [5.41, 5.74) is 4.43.